The molecule has 160 valence electrons. The molecule has 0 radical (unpaired) electrons. The number of nitrogens with one attached hydrogen (secondary N) is 2. The molecule has 0 amide bonds. The number of carbonyl (C=O) groups excluding carboxylic acids is 2. The predicted octanol–water partition coefficient (Wildman–Crippen LogP) is 0.122. The van der Waals surface area contributed by atoms with Crippen LogP contribution in [-0.4, -0.2) is 71.4 Å². The molecule has 0 spiro atoms. The predicted molar refractivity (Wildman–Crippen MR) is 110 cm³/mol. The Labute approximate surface area is 174 Å². The van der Waals surface area contributed by atoms with Crippen molar-refractivity contribution in [3.8, 4) is 11.5 Å². The molecule has 8 nitrogen and oxygen atoms in total. The van der Waals surface area contributed by atoms with E-state index in [2.05, 4.69) is 10.6 Å². The molecule has 0 saturated heterocycles. The fourth-order valence-corrected chi connectivity index (χ4v) is 3.77. The first-order chi connectivity index (χ1) is 14.5. The molecular weight excluding hydrogens is 388 g/mol. The minimum absolute atomic E-state index is 0.00414. The van der Waals surface area contributed by atoms with Gasteiger partial charge in [-0.15, -0.1) is 0 Å². The number of rotatable bonds is 10. The number of hydrogen-bond acceptors (Lipinski definition) is 8. The van der Waals surface area contributed by atoms with Crippen molar-refractivity contribution in [1.82, 2.24) is 10.6 Å². The van der Waals surface area contributed by atoms with Crippen molar-refractivity contribution in [2.45, 2.75) is 12.8 Å². The lowest BCUT2D eigenvalue weighted by atomic mass is 9.78. The number of aliphatic hydroxyl groups excluding tert-OH is 2. The molecule has 6 N–H and O–H groups in total. The van der Waals surface area contributed by atoms with Gasteiger partial charge in [-0.2, -0.15) is 0 Å². The van der Waals surface area contributed by atoms with Crippen LogP contribution in [0.25, 0.3) is 0 Å². The summed E-state index contributed by atoms with van der Waals surface area (Å²) < 4.78 is 0. The summed E-state index contributed by atoms with van der Waals surface area (Å²) in [6.45, 7) is 1.84. The molecule has 0 fully saturated rings. The van der Waals surface area contributed by atoms with E-state index in [-0.39, 0.29) is 47.0 Å². The van der Waals surface area contributed by atoms with E-state index in [1.807, 2.05) is 0 Å². The fourth-order valence-electron chi connectivity index (χ4n) is 3.77. The number of fused-ring (bicyclic) bond motifs is 2. The normalized spacial score (nSPS) is 12.7. The van der Waals surface area contributed by atoms with Gasteiger partial charge in [0.25, 0.3) is 0 Å². The summed E-state index contributed by atoms with van der Waals surface area (Å²) >= 11 is 0. The van der Waals surface area contributed by atoms with Crippen LogP contribution in [0.15, 0.2) is 24.3 Å². The largest absolute Gasteiger partial charge is 0.507 e. The number of benzene rings is 2. The number of phenols is 2. The van der Waals surface area contributed by atoms with E-state index >= 15 is 0 Å². The van der Waals surface area contributed by atoms with Crippen molar-refractivity contribution in [2.24, 2.45) is 0 Å². The highest BCUT2D eigenvalue weighted by Gasteiger charge is 2.37. The maximum Gasteiger partial charge on any atom is 0.198 e. The fraction of sp³-hybridized carbons (Fsp3) is 0.364. The summed E-state index contributed by atoms with van der Waals surface area (Å²) in [7, 11) is 0. The van der Waals surface area contributed by atoms with Gasteiger partial charge in [0.15, 0.2) is 11.6 Å². The molecular formula is C22H26N2O6. The van der Waals surface area contributed by atoms with Gasteiger partial charge in [-0.05, 0) is 49.2 Å². The molecule has 1 aliphatic rings. The first-order valence-corrected chi connectivity index (χ1v) is 9.93. The second-order valence-corrected chi connectivity index (χ2v) is 7.09. The van der Waals surface area contributed by atoms with Crippen LogP contribution >= 0.6 is 0 Å². The van der Waals surface area contributed by atoms with Crippen molar-refractivity contribution < 1.29 is 30.0 Å². The van der Waals surface area contributed by atoms with E-state index in [1.165, 1.54) is 12.1 Å². The minimum atomic E-state index is -0.490. The maximum absolute atomic E-state index is 13.3. The summed E-state index contributed by atoms with van der Waals surface area (Å²) in [5, 5.41) is 44.4. The SMILES string of the molecule is O=C1c2c(O)ccc(O)c2C(=O)c2c(CCNCCO)ccc(CCNCCO)c21. The van der Waals surface area contributed by atoms with Crippen LogP contribution in [0, 0.1) is 0 Å². The topological polar surface area (TPSA) is 139 Å². The molecule has 0 aliphatic heterocycles. The highest BCUT2D eigenvalue weighted by molar-refractivity contribution is 6.31. The Morgan fingerprint density at radius 3 is 1.37 bits per heavy atom. The van der Waals surface area contributed by atoms with Gasteiger partial charge in [0.05, 0.1) is 24.3 Å². The molecule has 1 aliphatic carbocycles. The van der Waals surface area contributed by atoms with Gasteiger partial charge in [0, 0.05) is 24.2 Å². The van der Waals surface area contributed by atoms with Gasteiger partial charge >= 0.3 is 0 Å². The van der Waals surface area contributed by atoms with Gasteiger partial charge in [-0.1, -0.05) is 12.1 Å². The number of carbonyl (C=O) groups is 2. The van der Waals surface area contributed by atoms with E-state index in [0.717, 1.165) is 0 Å². The van der Waals surface area contributed by atoms with Crippen molar-refractivity contribution >= 4 is 11.6 Å². The second kappa shape index (κ2) is 9.82. The lowest BCUT2D eigenvalue weighted by molar-refractivity contribution is 0.0972. The molecule has 0 aromatic heterocycles. The standard InChI is InChI=1S/C22H26N2O6/c25-11-9-23-7-5-13-1-2-14(6-8-24-10-12-26)18-17(13)21(29)19-15(27)3-4-16(28)20(19)22(18)30/h1-4,23-28H,5-12H2. The summed E-state index contributed by atoms with van der Waals surface area (Å²) in [4.78, 5) is 26.7. The third kappa shape index (κ3) is 4.22. The van der Waals surface area contributed by atoms with Crippen LogP contribution in [0.3, 0.4) is 0 Å². The summed E-state index contributed by atoms with van der Waals surface area (Å²) in [6.07, 6.45) is 0.915. The smallest absolute Gasteiger partial charge is 0.198 e. The highest BCUT2D eigenvalue weighted by atomic mass is 16.3. The number of aromatic hydroxyl groups is 2. The van der Waals surface area contributed by atoms with Crippen molar-refractivity contribution in [3.05, 3.63) is 57.6 Å². The van der Waals surface area contributed by atoms with Crippen LogP contribution in [0.4, 0.5) is 0 Å². The van der Waals surface area contributed by atoms with Crippen LogP contribution in [-0.2, 0) is 12.8 Å². The lowest BCUT2D eigenvalue weighted by Crippen LogP contribution is -2.28. The number of hydrogen-bond donors (Lipinski definition) is 6. The Morgan fingerprint density at radius 2 is 1.00 bits per heavy atom. The molecule has 3 rings (SSSR count). The Kier molecular flexibility index (Phi) is 7.17. The van der Waals surface area contributed by atoms with Crippen molar-refractivity contribution in [2.75, 3.05) is 39.4 Å². The monoisotopic (exact) mass is 414 g/mol. The maximum atomic E-state index is 13.3. The minimum Gasteiger partial charge on any atom is -0.507 e. The molecule has 0 bridgehead atoms. The summed E-state index contributed by atoms with van der Waals surface area (Å²) in [5.41, 5.74) is 1.47. The molecule has 30 heavy (non-hydrogen) atoms. The van der Waals surface area contributed by atoms with Crippen molar-refractivity contribution in [1.29, 1.82) is 0 Å². The molecule has 2 aromatic carbocycles. The molecule has 0 atom stereocenters. The zero-order chi connectivity index (χ0) is 21.7. The van der Waals surface area contributed by atoms with E-state index in [9.17, 15) is 19.8 Å². The molecule has 8 heteroatoms. The second-order valence-electron chi connectivity index (χ2n) is 7.09. The van der Waals surface area contributed by atoms with Gasteiger partial charge in [-0.3, -0.25) is 9.59 Å². The van der Waals surface area contributed by atoms with Crippen LogP contribution in [0.1, 0.15) is 43.0 Å². The van der Waals surface area contributed by atoms with E-state index in [1.54, 1.807) is 12.1 Å². The van der Waals surface area contributed by atoms with Gasteiger partial charge in [-0.25, -0.2) is 0 Å². The average Bonchev–Trinajstić information content (AvgIpc) is 2.74. The molecule has 0 heterocycles. The summed E-state index contributed by atoms with van der Waals surface area (Å²) in [5.74, 6) is -1.66. The number of phenolic OH excluding ortho intramolecular Hbond substituents is 2. The van der Waals surface area contributed by atoms with Gasteiger partial charge in [0.1, 0.15) is 11.5 Å². The Bertz CT molecular complexity index is 881. The third-order valence-corrected chi connectivity index (χ3v) is 5.17. The number of aliphatic hydroxyl groups is 2. The zero-order valence-corrected chi connectivity index (χ0v) is 16.6. The van der Waals surface area contributed by atoms with Crippen LogP contribution in [0.5, 0.6) is 11.5 Å². The van der Waals surface area contributed by atoms with Crippen LogP contribution < -0.4 is 10.6 Å². The lowest BCUT2D eigenvalue weighted by Gasteiger charge is -2.24. The van der Waals surface area contributed by atoms with Crippen molar-refractivity contribution in [3.63, 3.8) is 0 Å². The van der Waals surface area contributed by atoms with E-state index < -0.39 is 11.6 Å². The van der Waals surface area contributed by atoms with E-state index in [4.69, 9.17) is 10.2 Å². The Morgan fingerprint density at radius 1 is 0.600 bits per heavy atom. The summed E-state index contributed by atoms with van der Waals surface area (Å²) in [6, 6.07) is 6.01. The Hall–Kier alpha value is -2.78. The quantitative estimate of drug-likeness (QED) is 0.203. The van der Waals surface area contributed by atoms with E-state index in [0.29, 0.717) is 50.1 Å². The highest BCUT2D eigenvalue weighted by Crippen LogP contribution is 2.39. The number of ketones is 2. The molecule has 2 aromatic rings. The zero-order valence-electron chi connectivity index (χ0n) is 16.6. The molecule has 0 saturated carbocycles. The third-order valence-electron chi connectivity index (χ3n) is 5.17. The Balaban J connectivity index is 2.06. The first-order valence-electron chi connectivity index (χ1n) is 9.93. The van der Waals surface area contributed by atoms with Gasteiger partial charge < -0.3 is 31.1 Å². The average molecular weight is 414 g/mol. The van der Waals surface area contributed by atoms with Gasteiger partial charge in [0.2, 0.25) is 0 Å². The first kappa shape index (κ1) is 21.9. The molecule has 0 unspecified atom stereocenters. The van der Waals surface area contributed by atoms with Crippen LogP contribution in [0.2, 0.25) is 0 Å².